The molecule has 1 aromatic heterocycles. The molecule has 6 heteroatoms. The molecule has 0 aliphatic carbocycles. The van der Waals surface area contributed by atoms with Gasteiger partial charge in [-0.25, -0.2) is 4.98 Å². The monoisotopic (exact) mass is 256 g/mol. The molecule has 0 bridgehead atoms. The summed E-state index contributed by atoms with van der Waals surface area (Å²) in [5, 5.41) is 10.9. The van der Waals surface area contributed by atoms with Gasteiger partial charge in [0.25, 0.3) is 5.88 Å². The van der Waals surface area contributed by atoms with E-state index in [4.69, 9.17) is 16.3 Å². The third kappa shape index (κ3) is 3.17. The van der Waals surface area contributed by atoms with E-state index in [9.17, 15) is 10.1 Å². The lowest BCUT2D eigenvalue weighted by Crippen LogP contribution is -2.00. The third-order valence-electron chi connectivity index (χ3n) is 2.26. The lowest BCUT2D eigenvalue weighted by Gasteiger charge is -2.05. The molecule has 0 spiro atoms. The van der Waals surface area contributed by atoms with Gasteiger partial charge in [-0.05, 0) is 13.3 Å². The Morgan fingerprint density at radius 2 is 2.35 bits per heavy atom. The first-order valence-electron chi connectivity index (χ1n) is 5.02. The van der Waals surface area contributed by atoms with E-state index in [1.165, 1.54) is 7.11 Å². The molecule has 0 saturated carbocycles. The van der Waals surface area contributed by atoms with E-state index in [-0.39, 0.29) is 11.6 Å². The second-order valence-electron chi connectivity index (χ2n) is 3.33. The van der Waals surface area contributed by atoms with Gasteiger partial charge in [-0.3, -0.25) is 10.1 Å². The number of ether oxygens (including phenoxy) is 1. The van der Waals surface area contributed by atoms with E-state index in [2.05, 4.69) is 4.98 Å². The first-order chi connectivity index (χ1) is 8.11. The van der Waals surface area contributed by atoms with Crippen molar-refractivity contribution in [1.82, 2.24) is 4.98 Å². The largest absolute Gasteiger partial charge is 0.476 e. The fraction of sp³-hybridized carbons (Fsp3) is 0.364. The number of alkyl halides is 1. The summed E-state index contributed by atoms with van der Waals surface area (Å²) in [7, 11) is 1.36. The van der Waals surface area contributed by atoms with E-state index in [0.717, 1.165) is 0 Å². The van der Waals surface area contributed by atoms with E-state index in [1.807, 2.05) is 6.08 Å². The van der Waals surface area contributed by atoms with Gasteiger partial charge >= 0.3 is 5.69 Å². The summed E-state index contributed by atoms with van der Waals surface area (Å²) in [6, 6.07) is 0. The predicted molar refractivity (Wildman–Crippen MR) is 66.6 cm³/mol. The topological polar surface area (TPSA) is 65.3 Å². The first-order valence-corrected chi connectivity index (χ1v) is 5.55. The van der Waals surface area contributed by atoms with Crippen molar-refractivity contribution >= 4 is 23.4 Å². The number of methoxy groups -OCH3 is 1. The minimum atomic E-state index is -0.486. The fourth-order valence-electron chi connectivity index (χ4n) is 1.39. The standard InChI is InChI=1S/C11H13ClN2O3/c1-8-9(5-3-4-6-12)7-13-11(17-2)10(8)14(15)16/h3,5,7H,4,6H2,1-2H3. The average molecular weight is 257 g/mol. The van der Waals surface area contributed by atoms with Crippen LogP contribution in [0.4, 0.5) is 5.69 Å². The fourth-order valence-corrected chi connectivity index (χ4v) is 1.51. The van der Waals surface area contributed by atoms with Gasteiger partial charge in [-0.1, -0.05) is 12.2 Å². The van der Waals surface area contributed by atoms with Gasteiger partial charge in [0.1, 0.15) is 0 Å². The normalized spacial score (nSPS) is 10.8. The lowest BCUT2D eigenvalue weighted by molar-refractivity contribution is -0.386. The highest BCUT2D eigenvalue weighted by Crippen LogP contribution is 2.30. The van der Waals surface area contributed by atoms with Crippen molar-refractivity contribution in [3.05, 3.63) is 33.5 Å². The van der Waals surface area contributed by atoms with Crippen LogP contribution in [0.3, 0.4) is 0 Å². The SMILES string of the molecule is COc1ncc(C=CCCCl)c(C)c1[N+](=O)[O-]. The summed E-state index contributed by atoms with van der Waals surface area (Å²) in [4.78, 5) is 14.3. The van der Waals surface area contributed by atoms with Crippen LogP contribution in [0.25, 0.3) is 6.08 Å². The van der Waals surface area contributed by atoms with Crippen molar-refractivity contribution < 1.29 is 9.66 Å². The van der Waals surface area contributed by atoms with E-state index >= 15 is 0 Å². The Morgan fingerprint density at radius 1 is 1.65 bits per heavy atom. The molecule has 0 fully saturated rings. The van der Waals surface area contributed by atoms with Crippen molar-refractivity contribution in [3.63, 3.8) is 0 Å². The molecule has 0 aliphatic heterocycles. The Balaban J connectivity index is 3.18. The molecular formula is C11H13ClN2O3. The van der Waals surface area contributed by atoms with E-state index < -0.39 is 4.92 Å². The highest BCUT2D eigenvalue weighted by Gasteiger charge is 2.21. The van der Waals surface area contributed by atoms with Gasteiger partial charge in [-0.2, -0.15) is 0 Å². The van der Waals surface area contributed by atoms with Crippen molar-refractivity contribution in [3.8, 4) is 5.88 Å². The quantitative estimate of drug-likeness (QED) is 0.462. The molecule has 0 aromatic carbocycles. The van der Waals surface area contributed by atoms with Gasteiger partial charge < -0.3 is 4.74 Å². The second kappa shape index (κ2) is 6.20. The summed E-state index contributed by atoms with van der Waals surface area (Å²) >= 11 is 5.54. The third-order valence-corrected chi connectivity index (χ3v) is 2.48. The maximum atomic E-state index is 10.9. The van der Waals surface area contributed by atoms with Crippen LogP contribution in [0.15, 0.2) is 12.3 Å². The van der Waals surface area contributed by atoms with Gasteiger partial charge in [0.05, 0.1) is 12.0 Å². The van der Waals surface area contributed by atoms with Crippen LogP contribution in [0.2, 0.25) is 0 Å². The number of hydrogen-bond donors (Lipinski definition) is 0. The molecule has 92 valence electrons. The van der Waals surface area contributed by atoms with Crippen molar-refractivity contribution in [1.29, 1.82) is 0 Å². The maximum Gasteiger partial charge on any atom is 0.334 e. The molecule has 17 heavy (non-hydrogen) atoms. The summed E-state index contributed by atoms with van der Waals surface area (Å²) < 4.78 is 4.87. The van der Waals surface area contributed by atoms with E-state index in [0.29, 0.717) is 23.4 Å². The molecule has 1 rings (SSSR count). The molecule has 5 nitrogen and oxygen atoms in total. The van der Waals surface area contributed by atoms with E-state index in [1.54, 1.807) is 19.2 Å². The molecular weight excluding hydrogens is 244 g/mol. The number of hydrogen-bond acceptors (Lipinski definition) is 4. The zero-order chi connectivity index (χ0) is 12.8. The van der Waals surface area contributed by atoms with Crippen molar-refractivity contribution in [2.45, 2.75) is 13.3 Å². The summed E-state index contributed by atoms with van der Waals surface area (Å²) in [5.74, 6) is 0.545. The van der Waals surface area contributed by atoms with Crippen LogP contribution in [0, 0.1) is 17.0 Å². The van der Waals surface area contributed by atoms with Crippen LogP contribution in [-0.2, 0) is 0 Å². The first kappa shape index (κ1) is 13.4. The highest BCUT2D eigenvalue weighted by molar-refractivity contribution is 6.17. The van der Waals surface area contributed by atoms with Gasteiger partial charge in [0.15, 0.2) is 0 Å². The second-order valence-corrected chi connectivity index (χ2v) is 3.71. The van der Waals surface area contributed by atoms with Crippen molar-refractivity contribution in [2.24, 2.45) is 0 Å². The summed E-state index contributed by atoms with van der Waals surface area (Å²) in [6.45, 7) is 1.67. The number of rotatable bonds is 5. The Morgan fingerprint density at radius 3 is 2.88 bits per heavy atom. The summed E-state index contributed by atoms with van der Waals surface area (Å²) in [6.07, 6.45) is 5.89. The van der Waals surface area contributed by atoms with Crippen LogP contribution in [-0.4, -0.2) is 22.9 Å². The number of nitrogens with zero attached hydrogens (tertiary/aromatic N) is 2. The van der Waals surface area contributed by atoms with Crippen molar-refractivity contribution in [2.75, 3.05) is 13.0 Å². The van der Waals surface area contributed by atoms with Gasteiger partial charge in [0, 0.05) is 23.2 Å². The zero-order valence-corrected chi connectivity index (χ0v) is 10.4. The molecule has 0 unspecified atom stereocenters. The van der Waals surface area contributed by atoms with Crippen LogP contribution >= 0.6 is 11.6 Å². The average Bonchev–Trinajstić information content (AvgIpc) is 2.30. The molecule has 0 aliphatic rings. The Labute approximate surface area is 104 Å². The number of nitro groups is 1. The molecule has 0 N–H and O–H groups in total. The number of pyridine rings is 1. The molecule has 0 amide bonds. The molecule has 0 atom stereocenters. The molecule has 0 saturated heterocycles. The van der Waals surface area contributed by atoms with Crippen LogP contribution < -0.4 is 4.74 Å². The predicted octanol–water partition coefficient (Wildman–Crippen LogP) is 2.95. The molecule has 1 aromatic rings. The number of allylic oxidation sites excluding steroid dienone is 1. The maximum absolute atomic E-state index is 10.9. The van der Waals surface area contributed by atoms with Crippen LogP contribution in [0.1, 0.15) is 17.5 Å². The molecule has 0 radical (unpaired) electrons. The molecule has 1 heterocycles. The Hall–Kier alpha value is -1.62. The Bertz CT molecular complexity index is 447. The number of aromatic nitrogens is 1. The lowest BCUT2D eigenvalue weighted by atomic mass is 10.1. The Kier molecular flexibility index (Phi) is 4.90. The number of halogens is 1. The smallest absolute Gasteiger partial charge is 0.334 e. The van der Waals surface area contributed by atoms with Crippen LogP contribution in [0.5, 0.6) is 5.88 Å². The van der Waals surface area contributed by atoms with Gasteiger partial charge in [-0.15, -0.1) is 11.6 Å². The highest BCUT2D eigenvalue weighted by atomic mass is 35.5. The summed E-state index contributed by atoms with van der Waals surface area (Å²) in [5.41, 5.74) is 1.14. The minimum Gasteiger partial charge on any atom is -0.476 e. The van der Waals surface area contributed by atoms with Gasteiger partial charge in [0.2, 0.25) is 0 Å². The zero-order valence-electron chi connectivity index (χ0n) is 9.64. The minimum absolute atomic E-state index is 0.0296.